The number of hydrogen-bond donors (Lipinski definition) is 0. The predicted octanol–water partition coefficient (Wildman–Crippen LogP) is 2.97. The van der Waals surface area contributed by atoms with Crippen molar-refractivity contribution in [2.75, 3.05) is 11.5 Å². The molecule has 1 aromatic carbocycles. The number of hydrogen-bond acceptors (Lipinski definition) is 4. The summed E-state index contributed by atoms with van der Waals surface area (Å²) in [5, 5.41) is 0.417. The summed E-state index contributed by atoms with van der Waals surface area (Å²) >= 11 is 11.8. The second-order valence-electron chi connectivity index (χ2n) is 5.73. The fraction of sp³-hybridized carbons (Fsp3) is 0.571. The number of rotatable bonds is 5. The minimum Gasteiger partial charge on any atom is -0.229 e. The van der Waals surface area contributed by atoms with Crippen molar-refractivity contribution in [3.8, 4) is 0 Å². The van der Waals surface area contributed by atoms with Gasteiger partial charge in [-0.3, -0.25) is 0 Å². The molecule has 0 amide bonds. The Morgan fingerprint density at radius 1 is 1.30 bits per heavy atom. The van der Waals surface area contributed by atoms with Crippen molar-refractivity contribution < 1.29 is 16.8 Å². The highest BCUT2D eigenvalue weighted by Crippen LogP contribution is 2.31. The molecular formula is C14H19Cl2NO4S2. The molecule has 1 aromatic rings. The van der Waals surface area contributed by atoms with E-state index in [0.717, 1.165) is 0 Å². The van der Waals surface area contributed by atoms with Crippen LogP contribution in [0, 0.1) is 0 Å². The molecule has 1 aliphatic rings. The Balaban J connectivity index is 2.47. The Morgan fingerprint density at radius 2 is 1.96 bits per heavy atom. The first-order valence-electron chi connectivity index (χ1n) is 7.27. The molecule has 5 nitrogen and oxygen atoms in total. The van der Waals surface area contributed by atoms with Gasteiger partial charge in [0.2, 0.25) is 10.0 Å². The molecule has 0 aromatic heterocycles. The first-order valence-corrected chi connectivity index (χ1v) is 11.3. The lowest BCUT2D eigenvalue weighted by molar-refractivity contribution is 0.271. The second-order valence-corrected chi connectivity index (χ2v) is 10.6. The van der Waals surface area contributed by atoms with E-state index in [-0.39, 0.29) is 32.5 Å². The summed E-state index contributed by atoms with van der Waals surface area (Å²) in [5.74, 6) is -0.126. The van der Waals surface area contributed by atoms with E-state index in [0.29, 0.717) is 12.8 Å². The first-order chi connectivity index (χ1) is 10.6. The second kappa shape index (κ2) is 6.88. The van der Waals surface area contributed by atoms with Crippen LogP contribution in [0.3, 0.4) is 0 Å². The van der Waals surface area contributed by atoms with E-state index in [1.807, 2.05) is 6.92 Å². The maximum Gasteiger partial charge on any atom is 0.243 e. The number of benzene rings is 1. The Labute approximate surface area is 147 Å². The van der Waals surface area contributed by atoms with Crippen molar-refractivity contribution in [1.82, 2.24) is 4.31 Å². The maximum absolute atomic E-state index is 13.0. The highest BCUT2D eigenvalue weighted by atomic mass is 35.5. The van der Waals surface area contributed by atoms with Crippen molar-refractivity contribution >= 4 is 43.1 Å². The van der Waals surface area contributed by atoms with E-state index in [9.17, 15) is 16.8 Å². The fourth-order valence-electron chi connectivity index (χ4n) is 2.71. The maximum atomic E-state index is 13.0. The zero-order chi connectivity index (χ0) is 17.4. The van der Waals surface area contributed by atoms with Gasteiger partial charge in [-0.25, -0.2) is 16.8 Å². The van der Waals surface area contributed by atoms with Gasteiger partial charge in [0.05, 0.1) is 26.4 Å². The van der Waals surface area contributed by atoms with Crippen molar-refractivity contribution in [2.24, 2.45) is 0 Å². The quantitative estimate of drug-likeness (QED) is 0.762. The topological polar surface area (TPSA) is 71.5 Å². The summed E-state index contributed by atoms with van der Waals surface area (Å²) < 4.78 is 50.9. The minimum atomic E-state index is -3.86. The average molecular weight is 400 g/mol. The van der Waals surface area contributed by atoms with Crippen LogP contribution in [0.4, 0.5) is 0 Å². The van der Waals surface area contributed by atoms with Crippen LogP contribution in [0.2, 0.25) is 10.0 Å². The highest BCUT2D eigenvalue weighted by molar-refractivity contribution is 7.92. The number of sulfone groups is 1. The lowest BCUT2D eigenvalue weighted by Crippen LogP contribution is -2.46. The number of sulfonamides is 1. The van der Waals surface area contributed by atoms with Gasteiger partial charge in [0.15, 0.2) is 9.84 Å². The van der Waals surface area contributed by atoms with E-state index >= 15 is 0 Å². The van der Waals surface area contributed by atoms with Crippen LogP contribution >= 0.6 is 23.2 Å². The molecule has 0 bridgehead atoms. The van der Waals surface area contributed by atoms with Crippen LogP contribution in [0.15, 0.2) is 23.1 Å². The van der Waals surface area contributed by atoms with Crippen molar-refractivity contribution in [2.45, 2.75) is 43.7 Å². The third-order valence-electron chi connectivity index (χ3n) is 4.06. The van der Waals surface area contributed by atoms with Gasteiger partial charge in [-0.1, -0.05) is 30.1 Å². The third kappa shape index (κ3) is 4.02. The smallest absolute Gasteiger partial charge is 0.229 e. The summed E-state index contributed by atoms with van der Waals surface area (Å²) in [5.41, 5.74) is 0. The minimum absolute atomic E-state index is 0.0154. The molecule has 0 radical (unpaired) electrons. The number of nitrogens with zero attached hydrogens (tertiary/aromatic N) is 1. The molecule has 0 unspecified atom stereocenters. The Hall–Kier alpha value is -0.340. The standard InChI is InChI=1S/C14H19Cl2NO4S2/c1-3-10(2)17(11-6-7-22(18,19)9-11)23(20,21)12-4-5-13(15)14(16)8-12/h4-5,8,10-11H,3,6-7,9H2,1-2H3/t10-,11-/m0/s1. The van der Waals surface area contributed by atoms with E-state index in [1.165, 1.54) is 22.5 Å². The van der Waals surface area contributed by atoms with Gasteiger partial charge in [0.25, 0.3) is 0 Å². The third-order valence-corrected chi connectivity index (χ3v) is 8.61. The lowest BCUT2D eigenvalue weighted by Gasteiger charge is -2.32. The van der Waals surface area contributed by atoms with Gasteiger partial charge in [-0.15, -0.1) is 0 Å². The molecule has 23 heavy (non-hydrogen) atoms. The van der Waals surface area contributed by atoms with Gasteiger partial charge >= 0.3 is 0 Å². The van der Waals surface area contributed by atoms with Crippen LogP contribution < -0.4 is 0 Å². The Bertz CT molecular complexity index is 793. The zero-order valence-corrected chi connectivity index (χ0v) is 16.0. The molecule has 0 spiro atoms. The molecule has 2 rings (SSSR count). The molecule has 1 aliphatic heterocycles. The van der Waals surface area contributed by atoms with Crippen LogP contribution in [0.5, 0.6) is 0 Å². The molecule has 2 atom stereocenters. The molecule has 0 N–H and O–H groups in total. The molecule has 1 heterocycles. The lowest BCUT2D eigenvalue weighted by atomic mass is 10.2. The van der Waals surface area contributed by atoms with Crippen LogP contribution in [-0.2, 0) is 19.9 Å². The zero-order valence-electron chi connectivity index (χ0n) is 12.9. The Kier molecular flexibility index (Phi) is 5.68. The Morgan fingerprint density at radius 3 is 2.43 bits per heavy atom. The molecule has 1 saturated heterocycles. The van der Waals surface area contributed by atoms with E-state index in [1.54, 1.807) is 6.92 Å². The summed E-state index contributed by atoms with van der Waals surface area (Å²) in [6.07, 6.45) is 0.893. The summed E-state index contributed by atoms with van der Waals surface area (Å²) in [4.78, 5) is 0.0245. The van der Waals surface area contributed by atoms with Gasteiger partial charge in [-0.05, 0) is 38.0 Å². The monoisotopic (exact) mass is 399 g/mol. The van der Waals surface area contributed by atoms with Crippen molar-refractivity contribution in [1.29, 1.82) is 0 Å². The molecule has 1 fully saturated rings. The summed E-state index contributed by atoms with van der Waals surface area (Å²) in [6.45, 7) is 3.64. The van der Waals surface area contributed by atoms with Crippen molar-refractivity contribution in [3.05, 3.63) is 28.2 Å². The van der Waals surface area contributed by atoms with Gasteiger partial charge in [0, 0.05) is 12.1 Å². The highest BCUT2D eigenvalue weighted by Gasteiger charge is 2.40. The molecule has 130 valence electrons. The van der Waals surface area contributed by atoms with E-state index in [4.69, 9.17) is 23.2 Å². The van der Waals surface area contributed by atoms with E-state index < -0.39 is 25.9 Å². The molecule has 9 heteroatoms. The largest absolute Gasteiger partial charge is 0.243 e. The van der Waals surface area contributed by atoms with Crippen molar-refractivity contribution in [3.63, 3.8) is 0 Å². The first kappa shape index (κ1) is 19.0. The van der Waals surface area contributed by atoms with Crippen LogP contribution in [0.25, 0.3) is 0 Å². The molecule has 0 aliphatic carbocycles. The van der Waals surface area contributed by atoms with Crippen LogP contribution in [-0.4, -0.2) is 44.7 Å². The molecule has 0 saturated carbocycles. The van der Waals surface area contributed by atoms with Gasteiger partial charge in [-0.2, -0.15) is 4.31 Å². The van der Waals surface area contributed by atoms with Gasteiger partial charge < -0.3 is 0 Å². The summed E-state index contributed by atoms with van der Waals surface area (Å²) in [7, 11) is -7.05. The SMILES string of the molecule is CC[C@H](C)N([C@H]1CCS(=O)(=O)C1)S(=O)(=O)c1ccc(Cl)c(Cl)c1. The number of halogens is 2. The fourth-order valence-corrected chi connectivity index (χ4v) is 6.82. The van der Waals surface area contributed by atoms with Crippen LogP contribution in [0.1, 0.15) is 26.7 Å². The van der Waals surface area contributed by atoms with Gasteiger partial charge in [0.1, 0.15) is 0 Å². The average Bonchev–Trinajstić information content (AvgIpc) is 2.81. The molecular weight excluding hydrogens is 381 g/mol. The summed E-state index contributed by atoms with van der Waals surface area (Å²) in [6, 6.07) is 3.26. The normalized spacial score (nSPS) is 22.4. The van der Waals surface area contributed by atoms with E-state index in [2.05, 4.69) is 0 Å². The predicted molar refractivity (Wildman–Crippen MR) is 92.3 cm³/mol.